The molecule has 1 saturated heterocycles. The fourth-order valence-corrected chi connectivity index (χ4v) is 3.59. The number of rotatable bonds is 12. The Morgan fingerprint density at radius 3 is 2.47 bits per heavy atom. The van der Waals surface area contributed by atoms with Crippen LogP contribution in [0.4, 0.5) is 0 Å². The summed E-state index contributed by atoms with van der Waals surface area (Å²) >= 11 is 0. The van der Waals surface area contributed by atoms with Gasteiger partial charge < -0.3 is 24.8 Å². The van der Waals surface area contributed by atoms with Crippen molar-refractivity contribution in [1.29, 1.82) is 5.26 Å². The highest BCUT2D eigenvalue weighted by atomic mass is 16.5. The van der Waals surface area contributed by atoms with E-state index in [9.17, 15) is 19.2 Å². The second-order valence-corrected chi connectivity index (χ2v) is 7.65. The molecule has 182 valence electrons. The van der Waals surface area contributed by atoms with Crippen LogP contribution in [0, 0.1) is 11.3 Å². The van der Waals surface area contributed by atoms with Gasteiger partial charge in [-0.1, -0.05) is 0 Å². The highest BCUT2D eigenvalue weighted by molar-refractivity contribution is 5.97. The number of carboxylic acid groups (broad SMARTS) is 1. The van der Waals surface area contributed by atoms with Gasteiger partial charge in [-0.3, -0.25) is 9.59 Å². The number of carbonyl (C=O) groups is 3. The van der Waals surface area contributed by atoms with E-state index in [1.165, 1.54) is 30.3 Å². The van der Waals surface area contributed by atoms with Crippen molar-refractivity contribution in [2.45, 2.75) is 51.0 Å². The Hall–Kier alpha value is -3.58. The topological polar surface area (TPSA) is 158 Å². The van der Waals surface area contributed by atoms with E-state index in [1.807, 2.05) is 6.07 Å². The number of carboxylic acids is 1. The number of amides is 2. The lowest BCUT2D eigenvalue weighted by atomic mass is 10.0. The summed E-state index contributed by atoms with van der Waals surface area (Å²) in [5.41, 5.74) is 0.702. The number of aliphatic carboxylic acids is 1. The Kier molecular flexibility index (Phi) is 10.9. The Labute approximate surface area is 197 Å². The van der Waals surface area contributed by atoms with Gasteiger partial charge >= 0.3 is 5.97 Å². The number of aliphatic imine (C=N–C) groups is 1. The number of piperidine rings is 1. The molecule has 0 saturated carbocycles. The molecule has 11 nitrogen and oxygen atoms in total. The molecule has 1 aliphatic rings. The second-order valence-electron chi connectivity index (χ2n) is 7.65. The van der Waals surface area contributed by atoms with Crippen molar-refractivity contribution in [2.75, 3.05) is 26.3 Å². The predicted molar refractivity (Wildman–Crippen MR) is 118 cm³/mol. The van der Waals surface area contributed by atoms with Gasteiger partial charge in [-0.15, -0.1) is 0 Å². The number of benzene rings is 1. The molecule has 2 rings (SSSR count). The van der Waals surface area contributed by atoms with Crippen LogP contribution in [0.5, 0.6) is 0 Å². The molecule has 1 heterocycles. The molecule has 1 fully saturated rings. The molecule has 1 unspecified atom stereocenters. The molecule has 2 atom stereocenters. The number of nitriles is 1. The number of likely N-dealkylation sites (tertiary alicyclic amines) is 1. The maximum Gasteiger partial charge on any atom is 0.329 e. The van der Waals surface area contributed by atoms with E-state index in [2.05, 4.69) is 10.3 Å². The minimum Gasteiger partial charge on any atom is -0.480 e. The third-order valence-corrected chi connectivity index (χ3v) is 5.33. The van der Waals surface area contributed by atoms with Gasteiger partial charge in [-0.2, -0.15) is 10.3 Å². The van der Waals surface area contributed by atoms with Crippen molar-refractivity contribution in [3.8, 4) is 6.07 Å². The summed E-state index contributed by atoms with van der Waals surface area (Å²) in [6.07, 6.45) is 1.77. The molecule has 0 aromatic heterocycles. The van der Waals surface area contributed by atoms with Crippen molar-refractivity contribution < 1.29 is 33.8 Å². The van der Waals surface area contributed by atoms with E-state index in [1.54, 1.807) is 11.8 Å². The van der Waals surface area contributed by atoms with E-state index in [-0.39, 0.29) is 24.9 Å². The Balaban J connectivity index is 2.08. The molecule has 1 aliphatic heterocycles. The van der Waals surface area contributed by atoms with Crippen molar-refractivity contribution in [1.82, 2.24) is 10.2 Å². The molecule has 11 heteroatoms. The van der Waals surface area contributed by atoms with Crippen LogP contribution < -0.4 is 5.32 Å². The summed E-state index contributed by atoms with van der Waals surface area (Å²) in [5.74, 6) is -1.83. The first-order valence-electron chi connectivity index (χ1n) is 11.0. The minimum absolute atomic E-state index is 0.173. The average Bonchev–Trinajstić information content (AvgIpc) is 2.85. The number of carbonyl (C=O) groups excluding carboxylic acids is 3. The Bertz CT molecular complexity index is 930. The van der Waals surface area contributed by atoms with Gasteiger partial charge in [0.2, 0.25) is 12.0 Å². The maximum absolute atomic E-state index is 13.3. The molecule has 0 aliphatic carbocycles. The van der Waals surface area contributed by atoms with Crippen LogP contribution in [0.3, 0.4) is 0 Å². The van der Waals surface area contributed by atoms with Gasteiger partial charge in [-0.05, 0) is 56.9 Å². The largest absolute Gasteiger partial charge is 0.480 e. The number of hydrogen-bond donors (Lipinski definition) is 2. The lowest BCUT2D eigenvalue weighted by Crippen LogP contribution is -2.51. The minimum atomic E-state index is -1.05. The van der Waals surface area contributed by atoms with Crippen LogP contribution >= 0.6 is 0 Å². The summed E-state index contributed by atoms with van der Waals surface area (Å²) in [4.78, 5) is 52.6. The number of nitrogens with zero attached hydrogens (tertiary/aromatic N) is 3. The van der Waals surface area contributed by atoms with Gasteiger partial charge in [0, 0.05) is 25.3 Å². The Morgan fingerprint density at radius 1 is 1.24 bits per heavy atom. The van der Waals surface area contributed by atoms with E-state index in [4.69, 9.17) is 19.8 Å². The standard InChI is InChI=1S/C23H28N4O7/c1-2-33-20(25-15-28)8-7-19(26-22(31)17-5-3-16(13-24)4-6-17)23(32)27-11-9-18(10-12-27)34-14-21(29)30/h3-6,18-20H,2,7-12,14H2,1H3,(H,26,31)(H,29,30)/t19-,20?/m0/s1. The van der Waals surface area contributed by atoms with Crippen molar-refractivity contribution in [3.63, 3.8) is 0 Å². The van der Waals surface area contributed by atoms with Crippen LogP contribution in [-0.4, -0.2) is 78.5 Å². The van der Waals surface area contributed by atoms with Gasteiger partial charge in [0.15, 0.2) is 6.23 Å². The van der Waals surface area contributed by atoms with Gasteiger partial charge in [0.1, 0.15) is 12.6 Å². The zero-order chi connectivity index (χ0) is 24.9. The third kappa shape index (κ3) is 8.41. The molecule has 34 heavy (non-hydrogen) atoms. The van der Waals surface area contributed by atoms with Gasteiger partial charge in [0.25, 0.3) is 5.91 Å². The lowest BCUT2D eigenvalue weighted by Gasteiger charge is -2.34. The molecule has 0 radical (unpaired) electrons. The first kappa shape index (κ1) is 26.7. The maximum atomic E-state index is 13.3. The molecular weight excluding hydrogens is 444 g/mol. The number of isocyanates is 1. The first-order chi connectivity index (χ1) is 16.4. The van der Waals surface area contributed by atoms with Crippen LogP contribution in [0.1, 0.15) is 48.5 Å². The second kappa shape index (κ2) is 13.9. The molecule has 0 bridgehead atoms. The highest BCUT2D eigenvalue weighted by Gasteiger charge is 2.30. The molecule has 2 amide bonds. The third-order valence-electron chi connectivity index (χ3n) is 5.33. The average molecular weight is 472 g/mol. The summed E-state index contributed by atoms with van der Waals surface area (Å²) in [6.45, 7) is 2.38. The summed E-state index contributed by atoms with van der Waals surface area (Å²) < 4.78 is 10.7. The molecule has 2 N–H and O–H groups in total. The molecule has 0 spiro atoms. The van der Waals surface area contributed by atoms with Crippen LogP contribution in [0.15, 0.2) is 29.3 Å². The first-order valence-corrected chi connectivity index (χ1v) is 11.0. The van der Waals surface area contributed by atoms with E-state index in [0.29, 0.717) is 43.7 Å². The van der Waals surface area contributed by atoms with Gasteiger partial charge in [-0.25, -0.2) is 9.59 Å². The predicted octanol–water partition coefficient (Wildman–Crippen LogP) is 1.23. The smallest absolute Gasteiger partial charge is 0.329 e. The van der Waals surface area contributed by atoms with E-state index < -0.39 is 30.8 Å². The fraction of sp³-hybridized carbons (Fsp3) is 0.522. The number of nitrogens with one attached hydrogen (secondary N) is 1. The summed E-state index contributed by atoms with van der Waals surface area (Å²) in [6, 6.07) is 7.10. The van der Waals surface area contributed by atoms with Crippen LogP contribution in [0.25, 0.3) is 0 Å². The lowest BCUT2D eigenvalue weighted by molar-refractivity contribution is -0.147. The van der Waals surface area contributed by atoms with Gasteiger partial charge in [0.05, 0.1) is 17.7 Å². The van der Waals surface area contributed by atoms with E-state index >= 15 is 0 Å². The Morgan fingerprint density at radius 2 is 1.91 bits per heavy atom. The van der Waals surface area contributed by atoms with Crippen molar-refractivity contribution >= 4 is 23.9 Å². The van der Waals surface area contributed by atoms with Crippen LogP contribution in [0.2, 0.25) is 0 Å². The highest BCUT2D eigenvalue weighted by Crippen LogP contribution is 2.17. The quantitative estimate of drug-likeness (QED) is 0.339. The zero-order valence-corrected chi connectivity index (χ0v) is 18.9. The molecule has 1 aromatic carbocycles. The molecular formula is C23H28N4O7. The van der Waals surface area contributed by atoms with Crippen molar-refractivity contribution in [2.24, 2.45) is 4.99 Å². The summed E-state index contributed by atoms with van der Waals surface area (Å²) in [7, 11) is 0. The summed E-state index contributed by atoms with van der Waals surface area (Å²) in [5, 5.41) is 20.4. The number of hydrogen-bond acceptors (Lipinski definition) is 8. The monoisotopic (exact) mass is 472 g/mol. The fourth-order valence-electron chi connectivity index (χ4n) is 3.59. The SMILES string of the molecule is CCOC(CC[C@H](NC(=O)c1ccc(C#N)cc1)C(=O)N1CCC(OCC(=O)O)CC1)N=C=O. The normalized spacial score (nSPS) is 15.5. The van der Waals surface area contributed by atoms with E-state index in [0.717, 1.165) is 0 Å². The zero-order valence-electron chi connectivity index (χ0n) is 18.9. The number of ether oxygens (including phenoxy) is 2. The molecule has 1 aromatic rings. The van der Waals surface area contributed by atoms with Crippen molar-refractivity contribution in [3.05, 3.63) is 35.4 Å². The van der Waals surface area contributed by atoms with Crippen LogP contribution in [-0.2, 0) is 23.9 Å².